The van der Waals surface area contributed by atoms with Gasteiger partial charge < -0.3 is 14.4 Å². The summed E-state index contributed by atoms with van der Waals surface area (Å²) in [6, 6.07) is 19.8. The molecule has 152 valence electrons. The van der Waals surface area contributed by atoms with Crippen molar-refractivity contribution in [2.75, 3.05) is 0 Å². The molecule has 5 nitrogen and oxygen atoms in total. The van der Waals surface area contributed by atoms with E-state index in [1.807, 2.05) is 54.6 Å². The fourth-order valence-corrected chi connectivity index (χ4v) is 3.78. The van der Waals surface area contributed by atoms with E-state index in [1.54, 1.807) is 6.07 Å². The zero-order chi connectivity index (χ0) is 21.3. The highest BCUT2D eigenvalue weighted by atomic mass is 16.3. The van der Waals surface area contributed by atoms with Gasteiger partial charge >= 0.3 is 0 Å². The number of ketones is 1. The van der Waals surface area contributed by atoms with Crippen molar-refractivity contribution < 1.29 is 19.1 Å². The fourth-order valence-electron chi connectivity index (χ4n) is 3.78. The van der Waals surface area contributed by atoms with E-state index in [0.29, 0.717) is 5.92 Å². The third-order valence-corrected chi connectivity index (χ3v) is 5.41. The molecule has 1 aromatic heterocycles. The number of hydrogen-bond acceptors (Lipinski definition) is 4. The number of aliphatic hydroxyl groups is 1. The smallest absolute Gasteiger partial charge is 0.290 e. The maximum absolute atomic E-state index is 13.1. The summed E-state index contributed by atoms with van der Waals surface area (Å²) < 4.78 is 5.25. The van der Waals surface area contributed by atoms with Gasteiger partial charge in [0.1, 0.15) is 0 Å². The SMILES string of the molecule is CC(C)c1ccc(C2C(C(=O)c3ccco3)=C(O)C(=O)N2Cc2ccccc2)cc1. The predicted octanol–water partition coefficient (Wildman–Crippen LogP) is 5.18. The average molecular weight is 401 g/mol. The number of carbonyl (C=O) groups is 2. The van der Waals surface area contributed by atoms with Crippen LogP contribution in [0.2, 0.25) is 0 Å². The van der Waals surface area contributed by atoms with Crippen LogP contribution >= 0.6 is 0 Å². The minimum atomic E-state index is -0.698. The Labute approximate surface area is 175 Å². The molecule has 0 radical (unpaired) electrons. The molecule has 0 bridgehead atoms. The van der Waals surface area contributed by atoms with Crippen LogP contribution in [0.25, 0.3) is 0 Å². The highest BCUT2D eigenvalue weighted by Gasteiger charge is 2.44. The molecule has 1 aliphatic rings. The Kier molecular flexibility index (Phi) is 5.27. The number of Topliss-reactive ketones (excluding diaryl/α,β-unsaturated/α-hetero) is 1. The summed E-state index contributed by atoms with van der Waals surface area (Å²) in [5.74, 6) is -1.12. The number of rotatable bonds is 6. The molecule has 4 rings (SSSR count). The first-order valence-electron chi connectivity index (χ1n) is 9.93. The van der Waals surface area contributed by atoms with Crippen LogP contribution in [0.3, 0.4) is 0 Å². The van der Waals surface area contributed by atoms with E-state index in [0.717, 1.165) is 16.7 Å². The van der Waals surface area contributed by atoms with Gasteiger partial charge in [-0.2, -0.15) is 0 Å². The number of aliphatic hydroxyl groups excluding tert-OH is 1. The molecule has 2 heterocycles. The summed E-state index contributed by atoms with van der Waals surface area (Å²) in [7, 11) is 0. The lowest BCUT2D eigenvalue weighted by Gasteiger charge is -2.27. The second-order valence-corrected chi connectivity index (χ2v) is 7.71. The van der Waals surface area contributed by atoms with Gasteiger partial charge in [-0.1, -0.05) is 68.4 Å². The number of benzene rings is 2. The van der Waals surface area contributed by atoms with Crippen LogP contribution in [0.4, 0.5) is 0 Å². The molecule has 2 aromatic carbocycles. The predicted molar refractivity (Wildman–Crippen MR) is 113 cm³/mol. The second-order valence-electron chi connectivity index (χ2n) is 7.71. The van der Waals surface area contributed by atoms with Gasteiger partial charge in [0, 0.05) is 6.54 Å². The van der Waals surface area contributed by atoms with Gasteiger partial charge in [0.15, 0.2) is 11.5 Å². The lowest BCUT2D eigenvalue weighted by Crippen LogP contribution is -2.30. The van der Waals surface area contributed by atoms with Crippen molar-refractivity contribution in [1.82, 2.24) is 4.90 Å². The zero-order valence-electron chi connectivity index (χ0n) is 16.9. The van der Waals surface area contributed by atoms with E-state index in [2.05, 4.69) is 13.8 Å². The molecule has 1 aliphatic heterocycles. The number of furan rings is 1. The standard InChI is InChI=1S/C25H23NO4/c1-16(2)18-10-12-19(13-11-18)22-21(23(27)20-9-6-14-30-20)24(28)25(29)26(22)15-17-7-4-3-5-8-17/h3-14,16,22,28H,15H2,1-2H3. The highest BCUT2D eigenvalue weighted by Crippen LogP contribution is 2.40. The van der Waals surface area contributed by atoms with Crippen LogP contribution in [-0.4, -0.2) is 21.7 Å². The van der Waals surface area contributed by atoms with Crippen LogP contribution in [0, 0.1) is 0 Å². The van der Waals surface area contributed by atoms with Crippen LogP contribution in [0.5, 0.6) is 0 Å². The molecule has 0 spiro atoms. The quantitative estimate of drug-likeness (QED) is 0.578. The van der Waals surface area contributed by atoms with E-state index in [9.17, 15) is 14.7 Å². The van der Waals surface area contributed by atoms with Crippen molar-refractivity contribution in [3.63, 3.8) is 0 Å². The summed E-state index contributed by atoms with van der Waals surface area (Å²) in [4.78, 5) is 27.7. The normalized spacial score (nSPS) is 16.6. The Morgan fingerprint density at radius 1 is 1.03 bits per heavy atom. The van der Waals surface area contributed by atoms with Crippen LogP contribution < -0.4 is 0 Å². The van der Waals surface area contributed by atoms with E-state index >= 15 is 0 Å². The number of hydrogen-bond donors (Lipinski definition) is 1. The van der Waals surface area contributed by atoms with Gasteiger partial charge in [-0.25, -0.2) is 0 Å². The molecular formula is C25H23NO4. The first-order valence-corrected chi connectivity index (χ1v) is 9.93. The minimum absolute atomic E-state index is 0.0446. The third kappa shape index (κ3) is 3.54. The first kappa shape index (κ1) is 19.7. The van der Waals surface area contributed by atoms with Crippen LogP contribution in [0.15, 0.2) is 88.7 Å². The second kappa shape index (κ2) is 8.03. The van der Waals surface area contributed by atoms with Gasteiger partial charge in [-0.3, -0.25) is 9.59 Å². The summed E-state index contributed by atoms with van der Waals surface area (Å²) in [5.41, 5.74) is 2.88. The fraction of sp³-hybridized carbons (Fsp3) is 0.200. The molecule has 0 aliphatic carbocycles. The summed E-state index contributed by atoms with van der Waals surface area (Å²) in [6.45, 7) is 4.48. The number of carbonyl (C=O) groups excluding carboxylic acids is 2. The topological polar surface area (TPSA) is 70.7 Å². The Bertz CT molecular complexity index is 1080. The van der Waals surface area contributed by atoms with E-state index in [1.165, 1.54) is 17.2 Å². The molecule has 3 aromatic rings. The first-order chi connectivity index (χ1) is 14.5. The molecule has 30 heavy (non-hydrogen) atoms. The summed E-state index contributed by atoms with van der Waals surface area (Å²) in [6.07, 6.45) is 1.40. The Morgan fingerprint density at radius 2 is 1.73 bits per heavy atom. The molecule has 0 saturated carbocycles. The maximum Gasteiger partial charge on any atom is 0.290 e. The van der Waals surface area contributed by atoms with E-state index < -0.39 is 23.5 Å². The van der Waals surface area contributed by atoms with E-state index in [4.69, 9.17) is 4.42 Å². The van der Waals surface area contributed by atoms with Crippen molar-refractivity contribution in [2.24, 2.45) is 0 Å². The lowest BCUT2D eigenvalue weighted by molar-refractivity contribution is -0.130. The molecule has 1 N–H and O–H groups in total. The molecule has 1 atom stereocenters. The van der Waals surface area contributed by atoms with Crippen molar-refractivity contribution in [3.8, 4) is 0 Å². The molecule has 1 unspecified atom stereocenters. The van der Waals surface area contributed by atoms with Gasteiger partial charge in [0.2, 0.25) is 5.78 Å². The number of nitrogens with zero attached hydrogens (tertiary/aromatic N) is 1. The monoisotopic (exact) mass is 401 g/mol. The van der Waals surface area contributed by atoms with Gasteiger partial charge in [-0.15, -0.1) is 0 Å². The minimum Gasteiger partial charge on any atom is -0.503 e. The van der Waals surface area contributed by atoms with Gasteiger partial charge in [0.05, 0.1) is 17.9 Å². The molecule has 5 heteroatoms. The summed E-state index contributed by atoms with van der Waals surface area (Å²) >= 11 is 0. The zero-order valence-corrected chi connectivity index (χ0v) is 16.9. The van der Waals surface area contributed by atoms with Gasteiger partial charge in [-0.05, 0) is 34.7 Å². The lowest BCUT2D eigenvalue weighted by atomic mass is 9.92. The van der Waals surface area contributed by atoms with Crippen molar-refractivity contribution in [3.05, 3.63) is 107 Å². The Morgan fingerprint density at radius 3 is 2.33 bits per heavy atom. The highest BCUT2D eigenvalue weighted by molar-refractivity contribution is 6.14. The van der Waals surface area contributed by atoms with Crippen molar-refractivity contribution >= 4 is 11.7 Å². The maximum atomic E-state index is 13.1. The Balaban J connectivity index is 1.78. The van der Waals surface area contributed by atoms with Crippen LogP contribution in [0.1, 0.15) is 53.1 Å². The molecule has 0 saturated heterocycles. The molecule has 1 amide bonds. The average Bonchev–Trinajstić information content (AvgIpc) is 3.37. The number of amides is 1. The summed E-state index contributed by atoms with van der Waals surface area (Å²) in [5, 5.41) is 10.7. The van der Waals surface area contributed by atoms with Crippen molar-refractivity contribution in [2.45, 2.75) is 32.4 Å². The van der Waals surface area contributed by atoms with Gasteiger partial charge in [0.25, 0.3) is 5.91 Å². The third-order valence-electron chi connectivity index (χ3n) is 5.41. The van der Waals surface area contributed by atoms with Crippen molar-refractivity contribution in [1.29, 1.82) is 0 Å². The largest absolute Gasteiger partial charge is 0.503 e. The molecular weight excluding hydrogens is 378 g/mol. The Hall–Kier alpha value is -3.60. The van der Waals surface area contributed by atoms with E-state index in [-0.39, 0.29) is 17.9 Å². The molecule has 0 fully saturated rings. The van der Waals surface area contributed by atoms with Crippen LogP contribution in [-0.2, 0) is 11.3 Å².